The summed E-state index contributed by atoms with van der Waals surface area (Å²) in [6.07, 6.45) is 4.62. The molecule has 2 aliphatic rings. The van der Waals surface area contributed by atoms with E-state index in [0.717, 1.165) is 25.7 Å². The summed E-state index contributed by atoms with van der Waals surface area (Å²) < 4.78 is 8.93. The fraction of sp³-hybridized carbons (Fsp3) is 0.688. The molecular weight excluding hydrogens is 326 g/mol. The number of aromatic nitrogens is 4. The van der Waals surface area contributed by atoms with Crippen molar-refractivity contribution < 1.29 is 20.1 Å². The van der Waals surface area contributed by atoms with Gasteiger partial charge in [0.05, 0.1) is 19.3 Å². The van der Waals surface area contributed by atoms with Crippen LogP contribution in [-0.2, 0) is 4.74 Å². The van der Waals surface area contributed by atoms with Crippen LogP contribution >= 0.6 is 0 Å². The van der Waals surface area contributed by atoms with Gasteiger partial charge >= 0.3 is 0 Å². The Morgan fingerprint density at radius 3 is 2.48 bits per heavy atom. The van der Waals surface area contributed by atoms with Gasteiger partial charge in [-0.05, 0) is 12.8 Å². The molecule has 1 aliphatic carbocycles. The number of hydrogen-bond acceptors (Lipinski definition) is 7. The molecule has 0 radical (unpaired) electrons. The highest BCUT2D eigenvalue weighted by molar-refractivity contribution is 5.68. The molecule has 136 valence electrons. The summed E-state index contributed by atoms with van der Waals surface area (Å²) in [5.41, 5.74) is 1.15. The van der Waals surface area contributed by atoms with Gasteiger partial charge in [-0.3, -0.25) is 9.98 Å². The Morgan fingerprint density at radius 2 is 1.80 bits per heavy atom. The third kappa shape index (κ3) is 2.67. The van der Waals surface area contributed by atoms with Crippen LogP contribution in [0, 0.1) is 5.41 Å². The Balaban J connectivity index is 1.71. The van der Waals surface area contributed by atoms with Crippen LogP contribution in [0.4, 0.5) is 0 Å². The zero-order valence-corrected chi connectivity index (χ0v) is 13.8. The standard InChI is InChI=1S/C16H23N5O4/c17-14-11-15(19-8-20(14)9-4-2-1-3-5-9)21(7-18-11)16-13(24)12(23)10(6-22)25-16/h7-10,12-13,16-17,22-24H,1-6H2/t10-,12-,13-,16-/m1/s1. The third-order valence-corrected chi connectivity index (χ3v) is 5.31. The Bertz CT molecular complexity index is 812. The lowest BCUT2D eigenvalue weighted by molar-refractivity contribution is -0.0511. The first-order chi connectivity index (χ1) is 12.1. The van der Waals surface area contributed by atoms with E-state index >= 15 is 0 Å². The number of fused-ring (bicyclic) bond motifs is 1. The van der Waals surface area contributed by atoms with Crippen molar-refractivity contribution in [1.82, 2.24) is 19.1 Å². The second-order valence-corrected chi connectivity index (χ2v) is 6.85. The van der Waals surface area contributed by atoms with Crippen molar-refractivity contribution in [3.63, 3.8) is 0 Å². The number of ether oxygens (including phenoxy) is 1. The highest BCUT2D eigenvalue weighted by atomic mass is 16.6. The minimum Gasteiger partial charge on any atom is -0.394 e. The van der Waals surface area contributed by atoms with Crippen LogP contribution in [0.25, 0.3) is 11.2 Å². The van der Waals surface area contributed by atoms with Crippen molar-refractivity contribution >= 4 is 11.2 Å². The van der Waals surface area contributed by atoms with E-state index < -0.39 is 24.5 Å². The van der Waals surface area contributed by atoms with Gasteiger partial charge in [0.1, 0.15) is 23.8 Å². The van der Waals surface area contributed by atoms with Gasteiger partial charge in [-0.2, -0.15) is 0 Å². The summed E-state index contributed by atoms with van der Waals surface area (Å²) >= 11 is 0. The molecule has 2 fully saturated rings. The lowest BCUT2D eigenvalue weighted by Gasteiger charge is -2.24. The normalized spacial score (nSPS) is 31.0. The predicted octanol–water partition coefficient (Wildman–Crippen LogP) is -0.171. The van der Waals surface area contributed by atoms with E-state index in [0.29, 0.717) is 16.7 Å². The minimum atomic E-state index is -1.20. The topological polar surface area (TPSA) is 129 Å². The second-order valence-electron chi connectivity index (χ2n) is 6.85. The number of imidazole rings is 1. The molecule has 9 nitrogen and oxygen atoms in total. The molecule has 1 saturated carbocycles. The molecule has 2 aromatic rings. The number of nitrogens with zero attached hydrogens (tertiary/aromatic N) is 4. The third-order valence-electron chi connectivity index (χ3n) is 5.31. The molecule has 0 aromatic carbocycles. The Hall–Kier alpha value is -1.81. The van der Waals surface area contributed by atoms with E-state index in [9.17, 15) is 15.3 Å². The summed E-state index contributed by atoms with van der Waals surface area (Å²) in [5.74, 6) is 0. The zero-order valence-electron chi connectivity index (χ0n) is 13.8. The molecule has 4 rings (SSSR count). The largest absolute Gasteiger partial charge is 0.394 e. The average molecular weight is 349 g/mol. The van der Waals surface area contributed by atoms with E-state index in [1.807, 2.05) is 4.57 Å². The van der Waals surface area contributed by atoms with Crippen LogP contribution in [0.3, 0.4) is 0 Å². The van der Waals surface area contributed by atoms with Gasteiger partial charge < -0.3 is 24.6 Å². The predicted molar refractivity (Wildman–Crippen MR) is 86.5 cm³/mol. The summed E-state index contributed by atoms with van der Waals surface area (Å²) in [5, 5.41) is 37.9. The highest BCUT2D eigenvalue weighted by Crippen LogP contribution is 2.31. The Kier molecular flexibility index (Phi) is 4.32. The van der Waals surface area contributed by atoms with Crippen LogP contribution < -0.4 is 5.49 Å². The van der Waals surface area contributed by atoms with Crippen LogP contribution in [0.5, 0.6) is 0 Å². The number of hydrogen-bond donors (Lipinski definition) is 4. The van der Waals surface area contributed by atoms with Gasteiger partial charge in [0.15, 0.2) is 17.4 Å². The average Bonchev–Trinajstić information content (AvgIpc) is 3.18. The first-order valence-corrected chi connectivity index (χ1v) is 8.72. The van der Waals surface area contributed by atoms with Gasteiger partial charge in [0, 0.05) is 6.04 Å². The molecule has 0 amide bonds. The van der Waals surface area contributed by atoms with Gasteiger partial charge in [-0.15, -0.1) is 0 Å². The fourth-order valence-electron chi connectivity index (χ4n) is 3.88. The SMILES string of the molecule is N=c1c2ncn([C@@H]3O[C@H](CO)[C@@H](O)[C@H]3O)c2ncn1C1CCCCC1. The first-order valence-electron chi connectivity index (χ1n) is 8.72. The van der Waals surface area contributed by atoms with Crippen molar-refractivity contribution in [2.24, 2.45) is 0 Å². The number of nitrogens with one attached hydrogen (secondary N) is 1. The molecule has 2 aromatic heterocycles. The van der Waals surface area contributed by atoms with Crippen molar-refractivity contribution in [1.29, 1.82) is 5.41 Å². The number of rotatable bonds is 3. The van der Waals surface area contributed by atoms with Gasteiger partial charge in [-0.1, -0.05) is 19.3 Å². The molecule has 9 heteroatoms. The maximum Gasteiger partial charge on any atom is 0.167 e. The molecule has 0 unspecified atom stereocenters. The second kappa shape index (κ2) is 6.49. The molecule has 25 heavy (non-hydrogen) atoms. The maximum absolute atomic E-state index is 10.2. The van der Waals surface area contributed by atoms with Gasteiger partial charge in [0.25, 0.3) is 0 Å². The first kappa shape index (κ1) is 16.6. The quantitative estimate of drug-likeness (QED) is 0.609. The monoisotopic (exact) mass is 349 g/mol. The molecule has 3 heterocycles. The van der Waals surface area contributed by atoms with Crippen molar-refractivity contribution in [3.8, 4) is 0 Å². The van der Waals surface area contributed by atoms with E-state index in [1.54, 1.807) is 6.33 Å². The molecular formula is C16H23N5O4. The Labute approximate surface area is 144 Å². The molecule has 0 bridgehead atoms. The smallest absolute Gasteiger partial charge is 0.167 e. The van der Waals surface area contributed by atoms with E-state index in [4.69, 9.17) is 10.1 Å². The zero-order chi connectivity index (χ0) is 17.6. The summed E-state index contributed by atoms with van der Waals surface area (Å²) in [6.45, 7) is -0.389. The van der Waals surface area contributed by atoms with Gasteiger partial charge in [0.2, 0.25) is 0 Å². The van der Waals surface area contributed by atoms with E-state index in [2.05, 4.69) is 9.97 Å². The summed E-state index contributed by atoms with van der Waals surface area (Å²) in [6, 6.07) is 0.275. The molecule has 1 aliphatic heterocycles. The fourth-order valence-corrected chi connectivity index (χ4v) is 3.88. The number of aliphatic hydroxyl groups excluding tert-OH is 3. The van der Waals surface area contributed by atoms with Crippen molar-refractivity contribution in [2.45, 2.75) is 62.7 Å². The van der Waals surface area contributed by atoms with Crippen molar-refractivity contribution in [2.75, 3.05) is 6.61 Å². The van der Waals surface area contributed by atoms with E-state index in [-0.39, 0.29) is 12.6 Å². The lowest BCUT2D eigenvalue weighted by atomic mass is 9.95. The van der Waals surface area contributed by atoms with Crippen LogP contribution in [0.15, 0.2) is 12.7 Å². The van der Waals surface area contributed by atoms with Crippen LogP contribution in [0.1, 0.15) is 44.4 Å². The summed E-state index contributed by atoms with van der Waals surface area (Å²) in [4.78, 5) is 8.73. The minimum absolute atomic E-state index is 0.275. The molecule has 1 saturated heterocycles. The summed E-state index contributed by atoms with van der Waals surface area (Å²) in [7, 11) is 0. The molecule has 0 spiro atoms. The van der Waals surface area contributed by atoms with Crippen LogP contribution in [-0.4, -0.2) is 59.3 Å². The highest BCUT2D eigenvalue weighted by Gasteiger charge is 2.44. The maximum atomic E-state index is 10.2. The van der Waals surface area contributed by atoms with Gasteiger partial charge in [-0.25, -0.2) is 9.97 Å². The Morgan fingerprint density at radius 1 is 1.08 bits per heavy atom. The van der Waals surface area contributed by atoms with E-state index in [1.165, 1.54) is 17.3 Å². The van der Waals surface area contributed by atoms with Crippen molar-refractivity contribution in [3.05, 3.63) is 18.1 Å². The van der Waals surface area contributed by atoms with Crippen LogP contribution in [0.2, 0.25) is 0 Å². The number of aliphatic hydroxyl groups is 3. The lowest BCUT2D eigenvalue weighted by Crippen LogP contribution is -2.33. The molecule has 4 atom stereocenters. The molecule has 4 N–H and O–H groups in total.